The summed E-state index contributed by atoms with van der Waals surface area (Å²) in [6.45, 7) is 3.12. The van der Waals surface area contributed by atoms with Crippen molar-refractivity contribution < 1.29 is 4.79 Å². The number of rotatable bonds is 5. The summed E-state index contributed by atoms with van der Waals surface area (Å²) in [6, 6.07) is 22.3. The molecule has 3 aromatic carbocycles. The van der Waals surface area contributed by atoms with E-state index in [0.29, 0.717) is 5.56 Å². The maximum absolute atomic E-state index is 13.0. The predicted molar refractivity (Wildman–Crippen MR) is 124 cm³/mol. The van der Waals surface area contributed by atoms with E-state index in [1.54, 1.807) is 11.3 Å². The van der Waals surface area contributed by atoms with Crippen LogP contribution in [-0.2, 0) is 6.54 Å². The monoisotopic (exact) mass is 413 g/mol. The van der Waals surface area contributed by atoms with Crippen LogP contribution in [0.15, 0.2) is 72.2 Å². The van der Waals surface area contributed by atoms with E-state index in [1.165, 1.54) is 29.5 Å². The summed E-state index contributed by atoms with van der Waals surface area (Å²) in [5.41, 5.74) is 7.77. The molecule has 0 bridgehead atoms. The zero-order valence-corrected chi connectivity index (χ0v) is 17.5. The van der Waals surface area contributed by atoms with Crippen LogP contribution in [0.1, 0.15) is 28.8 Å². The van der Waals surface area contributed by atoms with Gasteiger partial charge in [-0.25, -0.2) is 4.98 Å². The average molecular weight is 414 g/mol. The Bertz CT molecular complexity index is 1180. The van der Waals surface area contributed by atoms with Gasteiger partial charge in [-0.15, -0.1) is 11.3 Å². The second kappa shape index (κ2) is 8.38. The Morgan fingerprint density at radius 1 is 1.00 bits per heavy atom. The molecule has 2 heterocycles. The van der Waals surface area contributed by atoms with Crippen molar-refractivity contribution in [3.63, 3.8) is 0 Å². The minimum atomic E-state index is -0.0909. The molecule has 0 unspecified atom stereocenters. The third-order valence-electron chi connectivity index (χ3n) is 5.63. The highest BCUT2D eigenvalue weighted by molar-refractivity contribution is 7.16. The van der Waals surface area contributed by atoms with Gasteiger partial charge in [0.2, 0.25) is 0 Å². The second-order valence-corrected chi connectivity index (χ2v) is 8.60. The highest BCUT2D eigenvalue weighted by atomic mass is 32.1. The molecule has 4 nitrogen and oxygen atoms in total. The van der Waals surface area contributed by atoms with Crippen LogP contribution >= 0.6 is 11.3 Å². The Kier molecular flexibility index (Phi) is 5.30. The van der Waals surface area contributed by atoms with Crippen molar-refractivity contribution in [2.24, 2.45) is 0 Å². The van der Waals surface area contributed by atoms with Crippen molar-refractivity contribution in [2.45, 2.75) is 19.4 Å². The van der Waals surface area contributed by atoms with Crippen LogP contribution in [0.25, 0.3) is 21.3 Å². The molecule has 1 aliphatic heterocycles. The molecule has 1 fully saturated rings. The SMILES string of the molecule is O=C(Nc1ccc2scnc2c1)c1ccc(-c2ccccc2)c(CN2CCCC2)c1. The van der Waals surface area contributed by atoms with Crippen LogP contribution in [0, 0.1) is 0 Å². The molecule has 150 valence electrons. The summed E-state index contributed by atoms with van der Waals surface area (Å²) >= 11 is 1.60. The van der Waals surface area contributed by atoms with Gasteiger partial charge in [-0.2, -0.15) is 0 Å². The van der Waals surface area contributed by atoms with Crippen LogP contribution < -0.4 is 5.32 Å². The average Bonchev–Trinajstić information content (AvgIpc) is 3.46. The number of hydrogen-bond donors (Lipinski definition) is 1. The summed E-state index contributed by atoms with van der Waals surface area (Å²) in [5, 5.41) is 3.03. The van der Waals surface area contributed by atoms with E-state index in [-0.39, 0.29) is 5.91 Å². The lowest BCUT2D eigenvalue weighted by atomic mass is 9.96. The first kappa shape index (κ1) is 19.0. The van der Waals surface area contributed by atoms with Gasteiger partial charge in [0.05, 0.1) is 15.7 Å². The molecule has 5 heteroatoms. The van der Waals surface area contributed by atoms with Gasteiger partial charge in [0.15, 0.2) is 0 Å². The van der Waals surface area contributed by atoms with E-state index in [4.69, 9.17) is 0 Å². The Morgan fingerprint density at radius 2 is 1.83 bits per heavy atom. The highest BCUT2D eigenvalue weighted by Gasteiger charge is 2.17. The first-order chi connectivity index (χ1) is 14.8. The third kappa shape index (κ3) is 3.99. The fourth-order valence-electron chi connectivity index (χ4n) is 4.09. The van der Waals surface area contributed by atoms with Gasteiger partial charge in [-0.05, 0) is 73.0 Å². The molecule has 0 spiro atoms. The van der Waals surface area contributed by atoms with Crippen molar-refractivity contribution >= 4 is 33.1 Å². The van der Waals surface area contributed by atoms with Gasteiger partial charge >= 0.3 is 0 Å². The quantitative estimate of drug-likeness (QED) is 0.449. The van der Waals surface area contributed by atoms with Crippen LogP contribution in [0.2, 0.25) is 0 Å². The Labute approximate surface area is 180 Å². The van der Waals surface area contributed by atoms with E-state index in [2.05, 4.69) is 51.6 Å². The summed E-state index contributed by atoms with van der Waals surface area (Å²) in [6.07, 6.45) is 2.50. The number of carbonyl (C=O) groups is 1. The molecule has 1 amide bonds. The van der Waals surface area contributed by atoms with Crippen LogP contribution in [-0.4, -0.2) is 28.9 Å². The number of amides is 1. The predicted octanol–water partition coefficient (Wildman–Crippen LogP) is 5.81. The van der Waals surface area contributed by atoms with E-state index < -0.39 is 0 Å². The normalized spacial score (nSPS) is 14.3. The molecule has 0 aliphatic carbocycles. The second-order valence-electron chi connectivity index (χ2n) is 7.71. The number of hydrogen-bond acceptors (Lipinski definition) is 4. The zero-order chi connectivity index (χ0) is 20.3. The van der Waals surface area contributed by atoms with E-state index in [1.807, 2.05) is 35.8 Å². The molecule has 0 radical (unpaired) electrons. The smallest absolute Gasteiger partial charge is 0.255 e. The number of thiazole rings is 1. The van der Waals surface area contributed by atoms with E-state index in [9.17, 15) is 4.79 Å². The molecule has 4 aromatic rings. The number of nitrogens with zero attached hydrogens (tertiary/aromatic N) is 2. The lowest BCUT2D eigenvalue weighted by molar-refractivity contribution is 0.102. The Hall–Kier alpha value is -3.02. The number of carbonyl (C=O) groups excluding carboxylic acids is 1. The third-order valence-corrected chi connectivity index (χ3v) is 6.44. The Morgan fingerprint density at radius 3 is 2.67 bits per heavy atom. The molecule has 0 saturated carbocycles. The molecule has 1 aromatic heterocycles. The fraction of sp³-hybridized carbons (Fsp3) is 0.200. The molecule has 5 rings (SSSR count). The van der Waals surface area contributed by atoms with E-state index in [0.717, 1.165) is 35.5 Å². The maximum Gasteiger partial charge on any atom is 0.255 e. The van der Waals surface area contributed by atoms with Gasteiger partial charge < -0.3 is 5.32 Å². The van der Waals surface area contributed by atoms with Crippen LogP contribution in [0.3, 0.4) is 0 Å². The summed E-state index contributed by atoms with van der Waals surface area (Å²) in [5.74, 6) is -0.0909. The molecule has 1 aliphatic rings. The maximum atomic E-state index is 13.0. The molecular weight excluding hydrogens is 390 g/mol. The minimum Gasteiger partial charge on any atom is -0.322 e. The molecule has 1 saturated heterocycles. The van der Waals surface area contributed by atoms with Crippen molar-refractivity contribution in [3.05, 3.63) is 83.4 Å². The minimum absolute atomic E-state index is 0.0909. The summed E-state index contributed by atoms with van der Waals surface area (Å²) in [7, 11) is 0. The number of anilines is 1. The number of aromatic nitrogens is 1. The standard InChI is InChI=1S/C25H23N3OS/c29-25(27-21-9-11-24-23(15-21)26-17-30-24)19-8-10-22(18-6-2-1-3-7-18)20(14-19)16-28-12-4-5-13-28/h1-3,6-11,14-15,17H,4-5,12-13,16H2,(H,27,29). The molecule has 0 atom stereocenters. The largest absolute Gasteiger partial charge is 0.322 e. The van der Waals surface area contributed by atoms with Crippen LogP contribution in [0.4, 0.5) is 5.69 Å². The number of likely N-dealkylation sites (tertiary alicyclic amines) is 1. The Balaban J connectivity index is 1.44. The first-order valence-electron chi connectivity index (χ1n) is 10.3. The van der Waals surface area contributed by atoms with Gasteiger partial charge in [-0.3, -0.25) is 9.69 Å². The van der Waals surface area contributed by atoms with Gasteiger partial charge in [0.25, 0.3) is 5.91 Å². The van der Waals surface area contributed by atoms with Crippen molar-refractivity contribution in [3.8, 4) is 11.1 Å². The first-order valence-corrected chi connectivity index (χ1v) is 11.2. The molecule has 1 N–H and O–H groups in total. The molecular formula is C25H23N3OS. The van der Waals surface area contributed by atoms with Crippen molar-refractivity contribution in [1.29, 1.82) is 0 Å². The van der Waals surface area contributed by atoms with Gasteiger partial charge in [0.1, 0.15) is 0 Å². The van der Waals surface area contributed by atoms with Crippen molar-refractivity contribution in [2.75, 3.05) is 18.4 Å². The summed E-state index contributed by atoms with van der Waals surface area (Å²) in [4.78, 5) is 19.8. The molecule has 30 heavy (non-hydrogen) atoms. The lowest BCUT2D eigenvalue weighted by Gasteiger charge is -2.19. The topological polar surface area (TPSA) is 45.2 Å². The van der Waals surface area contributed by atoms with Crippen LogP contribution in [0.5, 0.6) is 0 Å². The zero-order valence-electron chi connectivity index (χ0n) is 16.7. The fourth-order valence-corrected chi connectivity index (χ4v) is 4.74. The number of nitrogens with one attached hydrogen (secondary N) is 1. The van der Waals surface area contributed by atoms with Gasteiger partial charge in [0, 0.05) is 17.8 Å². The summed E-state index contributed by atoms with van der Waals surface area (Å²) < 4.78 is 1.12. The van der Waals surface area contributed by atoms with Gasteiger partial charge in [-0.1, -0.05) is 36.4 Å². The van der Waals surface area contributed by atoms with Crippen molar-refractivity contribution in [1.82, 2.24) is 9.88 Å². The highest BCUT2D eigenvalue weighted by Crippen LogP contribution is 2.28. The number of benzene rings is 3. The lowest BCUT2D eigenvalue weighted by Crippen LogP contribution is -2.19. The number of fused-ring (bicyclic) bond motifs is 1. The van der Waals surface area contributed by atoms with E-state index >= 15 is 0 Å².